The fourth-order valence-electron chi connectivity index (χ4n) is 3.57. The lowest BCUT2D eigenvalue weighted by Gasteiger charge is -2.25. The molecular weight excluding hydrogens is 418 g/mol. The molecule has 0 aliphatic carbocycles. The molecule has 164 valence electrons. The molecule has 2 aromatic carbocycles. The van der Waals surface area contributed by atoms with Crippen LogP contribution in [0.5, 0.6) is 5.75 Å². The highest BCUT2D eigenvalue weighted by atomic mass is 35.5. The van der Waals surface area contributed by atoms with Crippen LogP contribution in [-0.4, -0.2) is 48.6 Å². The smallest absolute Gasteiger partial charge is 0.295 e. The first-order valence-electron chi connectivity index (χ1n) is 10.2. The van der Waals surface area contributed by atoms with Crippen molar-refractivity contribution in [2.75, 3.05) is 26.9 Å². The number of nitrogens with zero attached hydrogens (tertiary/aromatic N) is 1. The summed E-state index contributed by atoms with van der Waals surface area (Å²) in [4.78, 5) is 27.2. The lowest BCUT2D eigenvalue weighted by molar-refractivity contribution is -0.140. The number of amides is 1. The molecule has 1 aliphatic heterocycles. The van der Waals surface area contributed by atoms with Crippen LogP contribution in [0.3, 0.4) is 0 Å². The number of hydrogen-bond acceptors (Lipinski definition) is 5. The molecule has 1 atom stereocenters. The maximum absolute atomic E-state index is 12.9. The Kier molecular flexibility index (Phi) is 7.71. The maximum Gasteiger partial charge on any atom is 0.295 e. The second-order valence-corrected chi connectivity index (χ2v) is 7.70. The van der Waals surface area contributed by atoms with Crippen LogP contribution < -0.4 is 4.74 Å². The largest absolute Gasteiger partial charge is 0.507 e. The lowest BCUT2D eigenvalue weighted by Crippen LogP contribution is -2.31. The van der Waals surface area contributed by atoms with E-state index in [1.54, 1.807) is 55.6 Å². The van der Waals surface area contributed by atoms with Crippen LogP contribution in [0, 0.1) is 0 Å². The summed E-state index contributed by atoms with van der Waals surface area (Å²) < 4.78 is 10.7. The van der Waals surface area contributed by atoms with Crippen molar-refractivity contribution in [3.8, 4) is 5.75 Å². The summed E-state index contributed by atoms with van der Waals surface area (Å²) >= 11 is 6.02. The lowest BCUT2D eigenvalue weighted by atomic mass is 9.95. The van der Waals surface area contributed by atoms with E-state index in [1.807, 2.05) is 6.92 Å². The van der Waals surface area contributed by atoms with Gasteiger partial charge in [-0.2, -0.15) is 0 Å². The summed E-state index contributed by atoms with van der Waals surface area (Å²) in [5, 5.41) is 11.6. The monoisotopic (exact) mass is 443 g/mol. The molecule has 7 heteroatoms. The van der Waals surface area contributed by atoms with Gasteiger partial charge < -0.3 is 19.5 Å². The summed E-state index contributed by atoms with van der Waals surface area (Å²) in [6.07, 6.45) is 1.45. The number of ether oxygens (including phenoxy) is 2. The number of hydrogen-bond donors (Lipinski definition) is 1. The number of rotatable bonds is 9. The standard InChI is InChI=1S/C24H26ClNO5/c1-3-14-31-19-11-7-17(8-12-19)22(27)20-21(16-5-9-18(25)10-6-16)26(13-4-15-30-2)24(29)23(20)28/h5-12,21,27H,3-4,13-15H2,1-2H3/b22-20-. The molecule has 2 aromatic rings. The molecule has 0 radical (unpaired) electrons. The number of aliphatic hydroxyl groups excluding tert-OH is 1. The highest BCUT2D eigenvalue weighted by molar-refractivity contribution is 6.46. The third-order valence-corrected chi connectivity index (χ3v) is 5.33. The van der Waals surface area contributed by atoms with Crippen LogP contribution in [0.2, 0.25) is 5.02 Å². The minimum absolute atomic E-state index is 0.0620. The van der Waals surface area contributed by atoms with E-state index in [9.17, 15) is 14.7 Å². The van der Waals surface area contributed by atoms with Gasteiger partial charge in [-0.3, -0.25) is 9.59 Å². The molecule has 3 rings (SSSR count). The highest BCUT2D eigenvalue weighted by Crippen LogP contribution is 2.39. The third kappa shape index (κ3) is 5.09. The summed E-state index contributed by atoms with van der Waals surface area (Å²) in [6.45, 7) is 3.39. The molecule has 1 saturated heterocycles. The fourth-order valence-corrected chi connectivity index (χ4v) is 3.69. The number of halogens is 1. The first-order chi connectivity index (χ1) is 15.0. The molecule has 31 heavy (non-hydrogen) atoms. The molecule has 1 amide bonds. The number of carbonyl (C=O) groups excluding carboxylic acids is 2. The molecule has 0 saturated carbocycles. The van der Waals surface area contributed by atoms with Gasteiger partial charge in [-0.15, -0.1) is 0 Å². The van der Waals surface area contributed by atoms with E-state index in [0.717, 1.165) is 6.42 Å². The van der Waals surface area contributed by atoms with E-state index in [2.05, 4.69) is 0 Å². The fraction of sp³-hybridized carbons (Fsp3) is 0.333. The van der Waals surface area contributed by atoms with Crippen molar-refractivity contribution in [2.24, 2.45) is 0 Å². The summed E-state index contributed by atoms with van der Waals surface area (Å²) in [5.41, 5.74) is 1.20. The van der Waals surface area contributed by atoms with Crippen molar-refractivity contribution >= 4 is 29.1 Å². The Labute approximate surface area is 187 Å². The van der Waals surface area contributed by atoms with E-state index < -0.39 is 17.7 Å². The Bertz CT molecular complexity index is 953. The van der Waals surface area contributed by atoms with Gasteiger partial charge in [0.15, 0.2) is 0 Å². The Hall–Kier alpha value is -2.83. The molecule has 6 nitrogen and oxygen atoms in total. The second kappa shape index (κ2) is 10.5. The van der Waals surface area contributed by atoms with E-state index in [1.165, 1.54) is 4.90 Å². The van der Waals surface area contributed by atoms with Gasteiger partial charge in [0.05, 0.1) is 18.2 Å². The van der Waals surface area contributed by atoms with Crippen molar-refractivity contribution in [1.29, 1.82) is 0 Å². The summed E-state index contributed by atoms with van der Waals surface area (Å²) in [6, 6.07) is 13.0. The van der Waals surface area contributed by atoms with Crippen LogP contribution in [-0.2, 0) is 14.3 Å². The Morgan fingerprint density at radius 3 is 2.35 bits per heavy atom. The van der Waals surface area contributed by atoms with Crippen LogP contribution in [0.15, 0.2) is 54.1 Å². The molecule has 1 N–H and O–H groups in total. The van der Waals surface area contributed by atoms with Gasteiger partial charge in [-0.05, 0) is 54.8 Å². The highest BCUT2D eigenvalue weighted by Gasteiger charge is 2.45. The topological polar surface area (TPSA) is 76.1 Å². The molecular formula is C24H26ClNO5. The average molecular weight is 444 g/mol. The van der Waals surface area contributed by atoms with Crippen LogP contribution >= 0.6 is 11.6 Å². The average Bonchev–Trinajstić information content (AvgIpc) is 3.03. The molecule has 0 spiro atoms. The van der Waals surface area contributed by atoms with Crippen molar-refractivity contribution in [3.63, 3.8) is 0 Å². The van der Waals surface area contributed by atoms with Gasteiger partial charge >= 0.3 is 0 Å². The zero-order valence-electron chi connectivity index (χ0n) is 17.6. The van der Waals surface area contributed by atoms with Crippen molar-refractivity contribution in [3.05, 3.63) is 70.3 Å². The molecule has 0 aromatic heterocycles. The normalized spacial score (nSPS) is 17.9. The quantitative estimate of drug-likeness (QED) is 0.265. The molecule has 1 unspecified atom stereocenters. The SMILES string of the molecule is CCCOc1ccc(/C(O)=C2/C(=O)C(=O)N(CCCOC)C2c2ccc(Cl)cc2)cc1. The number of aliphatic hydroxyl groups is 1. The minimum Gasteiger partial charge on any atom is -0.507 e. The van der Waals surface area contributed by atoms with Gasteiger partial charge in [0.1, 0.15) is 11.5 Å². The van der Waals surface area contributed by atoms with Crippen LogP contribution in [0.4, 0.5) is 0 Å². The number of benzene rings is 2. The third-order valence-electron chi connectivity index (χ3n) is 5.07. The van der Waals surface area contributed by atoms with Crippen LogP contribution in [0.1, 0.15) is 36.9 Å². The van der Waals surface area contributed by atoms with E-state index in [-0.39, 0.29) is 11.3 Å². The number of methoxy groups -OCH3 is 1. The molecule has 0 bridgehead atoms. The van der Waals surface area contributed by atoms with Gasteiger partial charge in [0.2, 0.25) is 0 Å². The predicted molar refractivity (Wildman–Crippen MR) is 119 cm³/mol. The number of ketones is 1. The zero-order valence-corrected chi connectivity index (χ0v) is 18.4. The minimum atomic E-state index is -0.707. The zero-order chi connectivity index (χ0) is 22.4. The predicted octanol–water partition coefficient (Wildman–Crippen LogP) is 4.59. The first kappa shape index (κ1) is 22.8. The van der Waals surface area contributed by atoms with Gasteiger partial charge in [0, 0.05) is 30.8 Å². The van der Waals surface area contributed by atoms with Gasteiger partial charge in [-0.1, -0.05) is 30.7 Å². The summed E-state index contributed by atoms with van der Waals surface area (Å²) in [5.74, 6) is -0.885. The number of Topliss-reactive ketones (excluding diaryl/α,β-unsaturated/α-hetero) is 1. The second-order valence-electron chi connectivity index (χ2n) is 7.26. The number of carbonyl (C=O) groups is 2. The Balaban J connectivity index is 2.02. The first-order valence-corrected chi connectivity index (χ1v) is 10.6. The number of likely N-dealkylation sites (tertiary alicyclic amines) is 1. The Morgan fingerprint density at radius 2 is 1.74 bits per heavy atom. The van der Waals surface area contributed by atoms with Crippen LogP contribution in [0.25, 0.3) is 5.76 Å². The van der Waals surface area contributed by atoms with E-state index in [0.29, 0.717) is 48.1 Å². The molecule has 1 fully saturated rings. The van der Waals surface area contributed by atoms with Crippen molar-refractivity contribution in [2.45, 2.75) is 25.8 Å². The van der Waals surface area contributed by atoms with E-state index in [4.69, 9.17) is 21.1 Å². The maximum atomic E-state index is 12.9. The Morgan fingerprint density at radius 1 is 1.06 bits per heavy atom. The van der Waals surface area contributed by atoms with Crippen molar-refractivity contribution < 1.29 is 24.2 Å². The van der Waals surface area contributed by atoms with E-state index >= 15 is 0 Å². The molecule has 1 heterocycles. The van der Waals surface area contributed by atoms with Crippen molar-refractivity contribution in [1.82, 2.24) is 4.90 Å². The van der Waals surface area contributed by atoms with Gasteiger partial charge in [-0.25, -0.2) is 0 Å². The molecule has 1 aliphatic rings. The summed E-state index contributed by atoms with van der Waals surface area (Å²) in [7, 11) is 1.58. The van der Waals surface area contributed by atoms with Gasteiger partial charge in [0.25, 0.3) is 11.7 Å².